The number of rotatable bonds is 43. The van der Waals surface area contributed by atoms with Gasteiger partial charge in [0.1, 0.15) is 13.2 Å². The molecule has 0 aliphatic heterocycles. The number of allylic oxidation sites excluding steroid dienone is 6. The highest BCUT2D eigenvalue weighted by atomic mass is 16.6. The summed E-state index contributed by atoms with van der Waals surface area (Å²) in [6.07, 6.45) is 51.2. The van der Waals surface area contributed by atoms with Crippen LogP contribution in [0, 0.1) is 0 Å². The van der Waals surface area contributed by atoms with Crippen molar-refractivity contribution in [2.45, 2.75) is 252 Å². The van der Waals surface area contributed by atoms with Gasteiger partial charge in [0.15, 0.2) is 6.10 Å². The molecule has 0 aliphatic carbocycles. The molecule has 0 saturated carbocycles. The Morgan fingerprint density at radius 2 is 0.643 bits per heavy atom. The second-order valence-electron chi connectivity index (χ2n) is 16.0. The Bertz CT molecular complexity index is 953. The number of hydrogen-bond donors (Lipinski definition) is 0. The van der Waals surface area contributed by atoms with E-state index in [0.29, 0.717) is 19.3 Å². The van der Waals surface area contributed by atoms with Crippen LogP contribution in [0.15, 0.2) is 36.5 Å². The lowest BCUT2D eigenvalue weighted by Gasteiger charge is -2.18. The molecule has 1 unspecified atom stereocenters. The first kappa shape index (κ1) is 53.6. The highest BCUT2D eigenvalue weighted by Gasteiger charge is 2.19. The molecule has 0 fully saturated rings. The Labute approximate surface area is 346 Å². The van der Waals surface area contributed by atoms with Crippen molar-refractivity contribution in [3.05, 3.63) is 36.5 Å². The summed E-state index contributed by atoms with van der Waals surface area (Å²) in [6.45, 7) is 6.56. The standard InChI is InChI=1S/C50H90O6/c1-4-7-10-13-16-19-22-24-25-26-29-31-34-37-40-43-49(52)55-46-47(45-54-48(51)42-39-36-33-30-27-21-18-15-12-9-6-3)56-50(53)44-41-38-35-32-28-23-20-17-14-11-8-5-2/h16-17,19-20,24-25,47H,4-15,18,21-23,26-46H2,1-3H3/b19-16-,20-17-,25-24-. The Morgan fingerprint density at radius 1 is 0.357 bits per heavy atom. The molecule has 0 aromatic carbocycles. The summed E-state index contributed by atoms with van der Waals surface area (Å²) in [6, 6.07) is 0. The third kappa shape index (κ3) is 42.8. The van der Waals surface area contributed by atoms with Crippen molar-refractivity contribution in [1.29, 1.82) is 0 Å². The zero-order valence-electron chi connectivity index (χ0n) is 37.2. The molecule has 326 valence electrons. The molecule has 0 spiro atoms. The molecule has 0 heterocycles. The number of carbonyl (C=O) groups excluding carboxylic acids is 3. The normalized spacial score (nSPS) is 12.3. The van der Waals surface area contributed by atoms with Crippen LogP contribution >= 0.6 is 0 Å². The lowest BCUT2D eigenvalue weighted by molar-refractivity contribution is -0.167. The molecule has 6 heteroatoms. The van der Waals surface area contributed by atoms with Crippen molar-refractivity contribution in [3.8, 4) is 0 Å². The quantitative estimate of drug-likeness (QED) is 0.0265. The smallest absolute Gasteiger partial charge is 0.306 e. The summed E-state index contributed by atoms with van der Waals surface area (Å²) < 4.78 is 16.7. The minimum absolute atomic E-state index is 0.0778. The van der Waals surface area contributed by atoms with E-state index in [1.165, 1.54) is 116 Å². The molecule has 56 heavy (non-hydrogen) atoms. The topological polar surface area (TPSA) is 78.9 Å². The van der Waals surface area contributed by atoms with E-state index < -0.39 is 6.10 Å². The molecule has 0 amide bonds. The molecule has 0 saturated heterocycles. The summed E-state index contributed by atoms with van der Waals surface area (Å²) in [7, 11) is 0. The zero-order chi connectivity index (χ0) is 40.8. The van der Waals surface area contributed by atoms with E-state index in [0.717, 1.165) is 89.9 Å². The highest BCUT2D eigenvalue weighted by Crippen LogP contribution is 2.14. The van der Waals surface area contributed by atoms with Crippen LogP contribution in [-0.2, 0) is 28.6 Å². The Balaban J connectivity index is 4.38. The van der Waals surface area contributed by atoms with Gasteiger partial charge in [-0.3, -0.25) is 14.4 Å². The van der Waals surface area contributed by atoms with Crippen molar-refractivity contribution >= 4 is 17.9 Å². The average molecular weight is 787 g/mol. The summed E-state index contributed by atoms with van der Waals surface area (Å²) >= 11 is 0. The maximum atomic E-state index is 12.7. The minimum Gasteiger partial charge on any atom is -0.462 e. The Hall–Kier alpha value is -2.37. The average Bonchev–Trinajstić information content (AvgIpc) is 3.19. The fraction of sp³-hybridized carbons (Fsp3) is 0.820. The molecule has 0 aliphatic rings. The molecule has 0 aromatic rings. The van der Waals surface area contributed by atoms with Crippen LogP contribution in [0.25, 0.3) is 0 Å². The van der Waals surface area contributed by atoms with Gasteiger partial charge in [0.2, 0.25) is 0 Å². The number of ether oxygens (including phenoxy) is 3. The van der Waals surface area contributed by atoms with Crippen molar-refractivity contribution in [1.82, 2.24) is 0 Å². The van der Waals surface area contributed by atoms with Crippen LogP contribution in [0.5, 0.6) is 0 Å². The molecule has 6 nitrogen and oxygen atoms in total. The van der Waals surface area contributed by atoms with E-state index in [1.54, 1.807) is 0 Å². The fourth-order valence-electron chi connectivity index (χ4n) is 6.70. The van der Waals surface area contributed by atoms with Crippen LogP contribution in [0.1, 0.15) is 245 Å². The molecular weight excluding hydrogens is 697 g/mol. The van der Waals surface area contributed by atoms with Gasteiger partial charge in [-0.2, -0.15) is 0 Å². The number of hydrogen-bond acceptors (Lipinski definition) is 6. The van der Waals surface area contributed by atoms with Gasteiger partial charge in [0, 0.05) is 19.3 Å². The summed E-state index contributed by atoms with van der Waals surface area (Å²) in [5.41, 5.74) is 0. The van der Waals surface area contributed by atoms with Crippen molar-refractivity contribution < 1.29 is 28.6 Å². The van der Waals surface area contributed by atoms with Gasteiger partial charge < -0.3 is 14.2 Å². The highest BCUT2D eigenvalue weighted by molar-refractivity contribution is 5.71. The lowest BCUT2D eigenvalue weighted by Crippen LogP contribution is -2.30. The molecular formula is C50H90O6. The van der Waals surface area contributed by atoms with E-state index in [4.69, 9.17) is 14.2 Å². The molecule has 0 radical (unpaired) electrons. The SMILES string of the molecule is CCCCC/C=C\C/C=C\CCCCCCCC(=O)OCC(COC(=O)CCCCCCCCCCCCC)OC(=O)CCCCCCC/C=C\CCCCC. The summed E-state index contributed by atoms with van der Waals surface area (Å²) in [4.78, 5) is 37.8. The Morgan fingerprint density at radius 3 is 1.04 bits per heavy atom. The van der Waals surface area contributed by atoms with Crippen LogP contribution in [0.2, 0.25) is 0 Å². The molecule has 0 bridgehead atoms. The first-order chi connectivity index (χ1) is 27.5. The van der Waals surface area contributed by atoms with Gasteiger partial charge in [-0.1, -0.05) is 186 Å². The van der Waals surface area contributed by atoms with E-state index in [-0.39, 0.29) is 31.1 Å². The largest absolute Gasteiger partial charge is 0.462 e. The first-order valence-corrected chi connectivity index (χ1v) is 24.0. The van der Waals surface area contributed by atoms with Crippen LogP contribution in [-0.4, -0.2) is 37.2 Å². The first-order valence-electron chi connectivity index (χ1n) is 24.0. The van der Waals surface area contributed by atoms with E-state index in [1.807, 2.05) is 0 Å². The molecule has 0 N–H and O–H groups in total. The predicted molar refractivity (Wildman–Crippen MR) is 238 cm³/mol. The summed E-state index contributed by atoms with van der Waals surface area (Å²) in [5, 5.41) is 0. The van der Waals surface area contributed by atoms with Crippen LogP contribution < -0.4 is 0 Å². The third-order valence-corrected chi connectivity index (χ3v) is 10.4. The molecule has 1 atom stereocenters. The van der Waals surface area contributed by atoms with Crippen molar-refractivity contribution in [2.24, 2.45) is 0 Å². The second kappa shape index (κ2) is 45.3. The predicted octanol–water partition coefficient (Wildman–Crippen LogP) is 15.4. The van der Waals surface area contributed by atoms with E-state index in [2.05, 4.69) is 57.2 Å². The third-order valence-electron chi connectivity index (χ3n) is 10.4. The van der Waals surface area contributed by atoms with Gasteiger partial charge in [0.25, 0.3) is 0 Å². The number of carbonyl (C=O) groups is 3. The number of unbranched alkanes of at least 4 members (excludes halogenated alkanes) is 26. The molecule has 0 aromatic heterocycles. The zero-order valence-corrected chi connectivity index (χ0v) is 37.2. The van der Waals surface area contributed by atoms with Gasteiger partial charge in [-0.25, -0.2) is 0 Å². The van der Waals surface area contributed by atoms with Gasteiger partial charge in [-0.15, -0.1) is 0 Å². The van der Waals surface area contributed by atoms with Crippen LogP contribution in [0.3, 0.4) is 0 Å². The minimum atomic E-state index is -0.776. The Kier molecular flexibility index (Phi) is 43.4. The molecule has 0 rings (SSSR count). The maximum Gasteiger partial charge on any atom is 0.306 e. The van der Waals surface area contributed by atoms with Gasteiger partial charge in [0.05, 0.1) is 0 Å². The number of esters is 3. The van der Waals surface area contributed by atoms with Crippen molar-refractivity contribution in [2.75, 3.05) is 13.2 Å². The van der Waals surface area contributed by atoms with Crippen LogP contribution in [0.4, 0.5) is 0 Å². The van der Waals surface area contributed by atoms with Crippen molar-refractivity contribution in [3.63, 3.8) is 0 Å². The monoisotopic (exact) mass is 787 g/mol. The fourth-order valence-corrected chi connectivity index (χ4v) is 6.70. The van der Waals surface area contributed by atoms with Gasteiger partial charge >= 0.3 is 17.9 Å². The van der Waals surface area contributed by atoms with E-state index in [9.17, 15) is 14.4 Å². The maximum absolute atomic E-state index is 12.7. The van der Waals surface area contributed by atoms with Gasteiger partial charge in [-0.05, 0) is 77.0 Å². The lowest BCUT2D eigenvalue weighted by atomic mass is 10.1. The van der Waals surface area contributed by atoms with E-state index >= 15 is 0 Å². The second-order valence-corrected chi connectivity index (χ2v) is 16.0. The summed E-state index contributed by atoms with van der Waals surface area (Å²) in [5.74, 6) is -0.898.